The quantitative estimate of drug-likeness (QED) is 0.569. The van der Waals surface area contributed by atoms with Crippen LogP contribution < -0.4 is 5.32 Å². The summed E-state index contributed by atoms with van der Waals surface area (Å²) in [5, 5.41) is 30.0. The molecule has 2 aliphatic rings. The molecule has 4 N–H and O–H groups in total. The van der Waals surface area contributed by atoms with E-state index >= 15 is 0 Å². The number of aliphatic hydroxyl groups excluding tert-OH is 1. The fourth-order valence-electron chi connectivity index (χ4n) is 2.38. The molecule has 20 heavy (non-hydrogen) atoms. The molecule has 4 atom stereocenters. The van der Waals surface area contributed by atoms with E-state index in [1.54, 1.807) is 0 Å². The average Bonchev–Trinajstić information content (AvgIpc) is 2.94. The zero-order chi connectivity index (χ0) is 14.9. The molecule has 0 aromatic heterocycles. The summed E-state index contributed by atoms with van der Waals surface area (Å²) in [4.78, 5) is 23.0. The number of carboxylic acid groups (broad SMARTS) is 2. The summed E-state index contributed by atoms with van der Waals surface area (Å²) in [5.74, 6) is -3.39. The fourth-order valence-corrected chi connectivity index (χ4v) is 3.92. The van der Waals surface area contributed by atoms with Gasteiger partial charge < -0.3 is 25.4 Å². The van der Waals surface area contributed by atoms with Crippen molar-refractivity contribution in [3.05, 3.63) is 10.6 Å². The minimum Gasteiger partial charge on any atom is -0.481 e. The van der Waals surface area contributed by atoms with Gasteiger partial charge in [0.15, 0.2) is 0 Å². The van der Waals surface area contributed by atoms with Crippen molar-refractivity contribution in [3.63, 3.8) is 0 Å². The summed E-state index contributed by atoms with van der Waals surface area (Å²) in [7, 11) is 0. The zero-order valence-electron chi connectivity index (χ0n) is 10.9. The van der Waals surface area contributed by atoms with Gasteiger partial charge in [0.1, 0.15) is 11.6 Å². The summed E-state index contributed by atoms with van der Waals surface area (Å²) >= 11 is 1.13. The van der Waals surface area contributed by atoms with Gasteiger partial charge in [-0.15, -0.1) is 0 Å². The Morgan fingerprint density at radius 2 is 2.15 bits per heavy atom. The Morgan fingerprint density at radius 1 is 1.45 bits per heavy atom. The first-order valence-corrected chi connectivity index (χ1v) is 7.23. The number of nitrogens with one attached hydrogen (secondary N) is 1. The van der Waals surface area contributed by atoms with E-state index in [9.17, 15) is 24.9 Å². The number of aliphatic carboxylic acids is 2. The van der Waals surface area contributed by atoms with E-state index in [-0.39, 0.29) is 11.8 Å². The maximum atomic E-state index is 11.3. The maximum absolute atomic E-state index is 11.3. The smallest absolute Gasteiger partial charge is 0.352 e. The van der Waals surface area contributed by atoms with Crippen LogP contribution in [0.25, 0.3) is 0 Å². The summed E-state index contributed by atoms with van der Waals surface area (Å²) in [6.45, 7) is 1.95. The largest absolute Gasteiger partial charge is 0.481 e. The second-order valence-electron chi connectivity index (χ2n) is 4.83. The highest BCUT2D eigenvalue weighted by molar-refractivity contribution is 8.04. The Labute approximate surface area is 120 Å². The third kappa shape index (κ3) is 2.92. The van der Waals surface area contributed by atoms with Crippen molar-refractivity contribution >= 4 is 23.7 Å². The van der Waals surface area contributed by atoms with Crippen LogP contribution in [-0.4, -0.2) is 51.4 Å². The standard InChI is InChI=1S/C12H17NO6S/c1-5(14)7(11(15)16)10-13-8(12(17)18)9(20-10)6-3-2-4-19-6/h5-7,10,13-14H,2-4H2,1H3,(H,15,16)(H,17,18)/t5-,6-,7?,10-/m1/s1. The van der Waals surface area contributed by atoms with Gasteiger partial charge in [-0.1, -0.05) is 11.8 Å². The van der Waals surface area contributed by atoms with Crippen molar-refractivity contribution in [1.82, 2.24) is 5.32 Å². The third-order valence-corrected chi connectivity index (χ3v) is 4.74. The predicted molar refractivity (Wildman–Crippen MR) is 71.0 cm³/mol. The van der Waals surface area contributed by atoms with Crippen LogP contribution in [0.3, 0.4) is 0 Å². The van der Waals surface area contributed by atoms with Gasteiger partial charge in [0.05, 0.1) is 17.6 Å². The highest BCUT2D eigenvalue weighted by Crippen LogP contribution is 2.40. The molecule has 1 unspecified atom stereocenters. The van der Waals surface area contributed by atoms with Gasteiger partial charge in [-0.05, 0) is 19.8 Å². The Hall–Kier alpha value is -1.25. The molecule has 0 aromatic carbocycles. The lowest BCUT2D eigenvalue weighted by molar-refractivity contribution is -0.145. The molecule has 1 fully saturated rings. The van der Waals surface area contributed by atoms with Gasteiger partial charge in [-0.25, -0.2) is 4.79 Å². The molecule has 0 spiro atoms. The van der Waals surface area contributed by atoms with Crippen LogP contribution in [0, 0.1) is 5.92 Å². The molecule has 112 valence electrons. The predicted octanol–water partition coefficient (Wildman–Crippen LogP) is 0.206. The number of thioether (sulfide) groups is 1. The highest BCUT2D eigenvalue weighted by atomic mass is 32.2. The maximum Gasteiger partial charge on any atom is 0.352 e. The van der Waals surface area contributed by atoms with Crippen molar-refractivity contribution < 1.29 is 29.6 Å². The summed E-state index contributed by atoms with van der Waals surface area (Å²) in [6, 6.07) is 0. The molecule has 0 aromatic rings. The molecule has 2 aliphatic heterocycles. The molecule has 0 aliphatic carbocycles. The Bertz CT molecular complexity index is 443. The molecule has 7 nitrogen and oxygen atoms in total. The van der Waals surface area contributed by atoms with Gasteiger partial charge in [0, 0.05) is 11.5 Å². The number of carboxylic acids is 2. The van der Waals surface area contributed by atoms with Crippen molar-refractivity contribution in [2.75, 3.05) is 6.61 Å². The zero-order valence-corrected chi connectivity index (χ0v) is 11.7. The summed E-state index contributed by atoms with van der Waals surface area (Å²) in [6.07, 6.45) is 0.189. The van der Waals surface area contributed by atoms with Gasteiger partial charge in [-0.2, -0.15) is 0 Å². The first-order chi connectivity index (χ1) is 9.41. The van der Waals surface area contributed by atoms with Gasteiger partial charge in [0.25, 0.3) is 0 Å². The first kappa shape index (κ1) is 15.1. The molecule has 0 amide bonds. The van der Waals surface area contributed by atoms with E-state index in [4.69, 9.17) is 4.74 Å². The van der Waals surface area contributed by atoms with Gasteiger partial charge in [0.2, 0.25) is 0 Å². The van der Waals surface area contributed by atoms with Gasteiger partial charge >= 0.3 is 11.9 Å². The van der Waals surface area contributed by atoms with E-state index in [1.165, 1.54) is 6.92 Å². The van der Waals surface area contributed by atoms with Crippen molar-refractivity contribution in [1.29, 1.82) is 0 Å². The van der Waals surface area contributed by atoms with E-state index < -0.39 is 29.3 Å². The number of hydrogen-bond acceptors (Lipinski definition) is 6. The van der Waals surface area contributed by atoms with Crippen LogP contribution >= 0.6 is 11.8 Å². The van der Waals surface area contributed by atoms with Crippen LogP contribution in [0.5, 0.6) is 0 Å². The number of rotatable bonds is 5. The SMILES string of the molecule is C[C@@H](O)C(C(=O)O)[C@@H]1NC(C(=O)O)=C([C@H]2CCCO2)S1. The Morgan fingerprint density at radius 3 is 2.60 bits per heavy atom. The molecular weight excluding hydrogens is 286 g/mol. The minimum absolute atomic E-state index is 0.0150. The Kier molecular flexibility index (Phi) is 4.56. The molecular formula is C12H17NO6S. The van der Waals surface area contributed by atoms with Crippen LogP contribution in [0.1, 0.15) is 19.8 Å². The second kappa shape index (κ2) is 6.02. The van der Waals surface area contributed by atoms with Crippen LogP contribution in [0.4, 0.5) is 0 Å². The van der Waals surface area contributed by atoms with Crippen molar-refractivity contribution in [2.45, 2.75) is 37.3 Å². The molecule has 0 radical (unpaired) electrons. The molecule has 0 bridgehead atoms. The number of hydrogen-bond donors (Lipinski definition) is 4. The molecule has 2 heterocycles. The van der Waals surface area contributed by atoms with E-state index in [2.05, 4.69) is 5.32 Å². The van der Waals surface area contributed by atoms with Crippen LogP contribution in [0.2, 0.25) is 0 Å². The average molecular weight is 303 g/mol. The lowest BCUT2D eigenvalue weighted by atomic mass is 10.0. The number of carbonyl (C=O) groups is 2. The van der Waals surface area contributed by atoms with Crippen LogP contribution in [-0.2, 0) is 14.3 Å². The number of ether oxygens (including phenoxy) is 1. The summed E-state index contributed by atoms with van der Waals surface area (Å²) in [5.41, 5.74) is -0.0150. The second-order valence-corrected chi connectivity index (χ2v) is 6.02. The molecule has 8 heteroatoms. The van der Waals surface area contributed by atoms with Crippen LogP contribution in [0.15, 0.2) is 10.6 Å². The molecule has 1 saturated heterocycles. The van der Waals surface area contributed by atoms with Crippen molar-refractivity contribution in [2.24, 2.45) is 5.92 Å². The van der Waals surface area contributed by atoms with E-state index in [0.717, 1.165) is 24.6 Å². The number of aliphatic hydroxyl groups is 1. The topological polar surface area (TPSA) is 116 Å². The first-order valence-electron chi connectivity index (χ1n) is 6.35. The molecule has 0 saturated carbocycles. The van der Waals surface area contributed by atoms with E-state index in [0.29, 0.717) is 11.5 Å². The fraction of sp³-hybridized carbons (Fsp3) is 0.667. The third-order valence-electron chi connectivity index (χ3n) is 3.35. The lowest BCUT2D eigenvalue weighted by Gasteiger charge is -2.22. The molecule has 2 rings (SSSR count). The van der Waals surface area contributed by atoms with E-state index in [1.807, 2.05) is 0 Å². The van der Waals surface area contributed by atoms with Crippen molar-refractivity contribution in [3.8, 4) is 0 Å². The highest BCUT2D eigenvalue weighted by Gasteiger charge is 2.42. The Balaban J connectivity index is 2.20. The lowest BCUT2D eigenvalue weighted by Crippen LogP contribution is -2.41. The minimum atomic E-state index is -1.16. The normalized spacial score (nSPS) is 29.1. The summed E-state index contributed by atoms with van der Waals surface area (Å²) < 4.78 is 5.47. The van der Waals surface area contributed by atoms with Gasteiger partial charge in [-0.3, -0.25) is 4.79 Å². The monoisotopic (exact) mass is 303 g/mol.